The van der Waals surface area contributed by atoms with Crippen LogP contribution in [0.1, 0.15) is 102 Å². The summed E-state index contributed by atoms with van der Waals surface area (Å²) in [5.74, 6) is -0.819. The lowest BCUT2D eigenvalue weighted by Crippen LogP contribution is -2.41. The quantitative estimate of drug-likeness (QED) is 0.0422. The van der Waals surface area contributed by atoms with Crippen molar-refractivity contribution in [1.82, 2.24) is 5.32 Å². The lowest BCUT2D eigenvalue weighted by atomic mass is 10.1. The predicted molar refractivity (Wildman–Crippen MR) is 157 cm³/mol. The van der Waals surface area contributed by atoms with Crippen LogP contribution >= 0.6 is 0 Å². The molecule has 7 heteroatoms. The van der Waals surface area contributed by atoms with Crippen LogP contribution in [-0.4, -0.2) is 30.4 Å². The van der Waals surface area contributed by atoms with Crippen LogP contribution < -0.4 is 16.8 Å². The van der Waals surface area contributed by atoms with Gasteiger partial charge >= 0.3 is 5.97 Å². The zero-order chi connectivity index (χ0) is 27.7. The molecule has 0 fully saturated rings. The van der Waals surface area contributed by atoms with Crippen LogP contribution in [0.5, 0.6) is 0 Å². The molecule has 0 aliphatic carbocycles. The van der Waals surface area contributed by atoms with E-state index in [-0.39, 0.29) is 18.5 Å². The molecule has 0 aromatic heterocycles. The van der Waals surface area contributed by atoms with Gasteiger partial charge in [-0.3, -0.25) is 9.79 Å². The summed E-state index contributed by atoms with van der Waals surface area (Å²) >= 11 is 0. The van der Waals surface area contributed by atoms with Gasteiger partial charge in [0.05, 0.1) is 0 Å². The van der Waals surface area contributed by atoms with Crippen molar-refractivity contribution in [1.29, 1.82) is 0 Å². The van der Waals surface area contributed by atoms with Crippen LogP contribution in [0, 0.1) is 0 Å². The zero-order valence-electron chi connectivity index (χ0n) is 23.4. The number of esters is 1. The fourth-order valence-electron chi connectivity index (χ4n) is 4.05. The van der Waals surface area contributed by atoms with E-state index < -0.39 is 12.0 Å². The normalized spacial score (nSPS) is 12.0. The maximum Gasteiger partial charge on any atom is 0.328 e. The summed E-state index contributed by atoms with van der Waals surface area (Å²) in [4.78, 5) is 29.0. The van der Waals surface area contributed by atoms with Crippen molar-refractivity contribution in [2.45, 2.75) is 109 Å². The number of ether oxygens (including phenoxy) is 1. The maximum absolute atomic E-state index is 12.6. The molecule has 0 aliphatic heterocycles. The molecule has 0 heterocycles. The van der Waals surface area contributed by atoms with Crippen LogP contribution in [0.2, 0.25) is 0 Å². The number of aliphatic imine (C=N–C) groups is 1. The molecule has 5 N–H and O–H groups in total. The summed E-state index contributed by atoms with van der Waals surface area (Å²) < 4.78 is 5.42. The van der Waals surface area contributed by atoms with Crippen LogP contribution in [0.15, 0.2) is 59.6 Å². The summed E-state index contributed by atoms with van der Waals surface area (Å²) in [6.07, 6.45) is 23.6. The number of nitrogens with zero attached hydrogens (tertiary/aromatic N) is 1. The molecule has 1 aromatic rings. The van der Waals surface area contributed by atoms with E-state index >= 15 is 0 Å². The van der Waals surface area contributed by atoms with Crippen LogP contribution in [-0.2, 0) is 20.9 Å². The first-order chi connectivity index (χ1) is 18.5. The van der Waals surface area contributed by atoms with Gasteiger partial charge in [-0.2, -0.15) is 0 Å². The van der Waals surface area contributed by atoms with E-state index in [1.165, 1.54) is 70.3 Å². The van der Waals surface area contributed by atoms with E-state index in [4.69, 9.17) is 16.2 Å². The van der Waals surface area contributed by atoms with Crippen molar-refractivity contribution in [3.63, 3.8) is 0 Å². The third kappa shape index (κ3) is 19.1. The van der Waals surface area contributed by atoms with Gasteiger partial charge in [0.2, 0.25) is 5.91 Å². The average Bonchev–Trinajstić information content (AvgIpc) is 2.91. The monoisotopic (exact) mass is 526 g/mol. The Labute approximate surface area is 230 Å². The van der Waals surface area contributed by atoms with E-state index in [9.17, 15) is 9.59 Å². The highest BCUT2D eigenvalue weighted by Gasteiger charge is 2.21. The van der Waals surface area contributed by atoms with Gasteiger partial charge < -0.3 is 21.5 Å². The first kappa shape index (κ1) is 32.9. The number of carbonyl (C=O) groups excluding carboxylic acids is 2. The number of rotatable bonds is 22. The van der Waals surface area contributed by atoms with E-state index in [1.54, 1.807) is 6.08 Å². The van der Waals surface area contributed by atoms with Gasteiger partial charge in [-0.05, 0) is 31.2 Å². The van der Waals surface area contributed by atoms with Gasteiger partial charge in [0.15, 0.2) is 5.96 Å². The molecule has 38 heavy (non-hydrogen) atoms. The van der Waals surface area contributed by atoms with Crippen molar-refractivity contribution < 1.29 is 14.3 Å². The molecule has 1 atom stereocenters. The Bertz CT molecular complexity index is 833. The Morgan fingerprint density at radius 2 is 1.53 bits per heavy atom. The minimum atomic E-state index is -0.773. The molecule has 0 radical (unpaired) electrons. The Kier molecular flexibility index (Phi) is 20.0. The van der Waals surface area contributed by atoms with E-state index in [2.05, 4.69) is 23.3 Å². The maximum atomic E-state index is 12.6. The van der Waals surface area contributed by atoms with Gasteiger partial charge in [0.1, 0.15) is 12.6 Å². The third-order valence-electron chi connectivity index (χ3n) is 6.24. The highest BCUT2D eigenvalue weighted by atomic mass is 16.5. The molecule has 0 saturated carbocycles. The molecule has 0 unspecified atom stereocenters. The van der Waals surface area contributed by atoms with E-state index in [0.29, 0.717) is 19.4 Å². The van der Waals surface area contributed by atoms with Crippen molar-refractivity contribution in [3.05, 3.63) is 60.2 Å². The minimum Gasteiger partial charge on any atom is -0.459 e. The number of hydrogen-bond acceptors (Lipinski definition) is 4. The van der Waals surface area contributed by atoms with Crippen LogP contribution in [0.3, 0.4) is 0 Å². The number of allylic oxidation sites excluding steroid dienone is 3. The molecule has 0 aliphatic rings. The number of nitrogens with one attached hydrogen (secondary N) is 1. The summed E-state index contributed by atoms with van der Waals surface area (Å²) in [5.41, 5.74) is 11.6. The lowest BCUT2D eigenvalue weighted by Gasteiger charge is -2.16. The Hall–Kier alpha value is -3.09. The number of benzene rings is 1. The van der Waals surface area contributed by atoms with Gasteiger partial charge in [-0.1, -0.05) is 120 Å². The molecule has 0 spiro atoms. The van der Waals surface area contributed by atoms with Crippen molar-refractivity contribution >= 4 is 17.8 Å². The van der Waals surface area contributed by atoms with Crippen molar-refractivity contribution in [2.75, 3.05) is 6.54 Å². The second-order valence-corrected chi connectivity index (χ2v) is 9.71. The third-order valence-corrected chi connectivity index (χ3v) is 6.24. The van der Waals surface area contributed by atoms with Crippen molar-refractivity contribution in [2.24, 2.45) is 16.5 Å². The number of guanidine groups is 1. The molecule has 1 amide bonds. The topological polar surface area (TPSA) is 120 Å². The summed E-state index contributed by atoms with van der Waals surface area (Å²) in [7, 11) is 0. The molecular weight excluding hydrogens is 476 g/mol. The summed E-state index contributed by atoms with van der Waals surface area (Å²) in [5, 5.41) is 2.75. The van der Waals surface area contributed by atoms with Gasteiger partial charge in [-0.25, -0.2) is 4.79 Å². The molecule has 0 saturated heterocycles. The van der Waals surface area contributed by atoms with E-state index in [1.807, 2.05) is 36.4 Å². The Morgan fingerprint density at radius 1 is 0.895 bits per heavy atom. The first-order valence-electron chi connectivity index (χ1n) is 14.4. The number of unbranched alkanes of at least 4 members (excludes halogenated alkanes) is 11. The Balaban J connectivity index is 2.29. The Morgan fingerprint density at radius 3 is 2.16 bits per heavy atom. The minimum absolute atomic E-state index is 0.000117. The molecule has 1 rings (SSSR count). The summed E-state index contributed by atoms with van der Waals surface area (Å²) in [6, 6.07) is 8.65. The fourth-order valence-corrected chi connectivity index (χ4v) is 4.05. The second kappa shape index (κ2) is 23.1. The lowest BCUT2D eigenvalue weighted by molar-refractivity contribution is -0.149. The highest BCUT2D eigenvalue weighted by molar-refractivity contribution is 5.91. The smallest absolute Gasteiger partial charge is 0.328 e. The SMILES string of the molecule is CCCCCCCCCCCCCC=CC=CC(=O)N[C@@H](CCCN=C(N)N)C(=O)OCc1ccccc1. The standard InChI is InChI=1S/C31H50N4O3/c1-2-3-4-5-6-7-8-9-10-11-12-13-14-15-19-24-29(36)35-28(23-20-25-34-31(32)33)30(37)38-26-27-21-17-16-18-22-27/h14-19,21-22,24,28H,2-13,20,23,25-26H2,1H3,(H,35,36)(H4,32,33,34)/t28-/m0/s1. The summed E-state index contributed by atoms with van der Waals surface area (Å²) in [6.45, 7) is 2.78. The first-order valence-corrected chi connectivity index (χ1v) is 14.4. The number of hydrogen-bond donors (Lipinski definition) is 3. The molecular formula is C31H50N4O3. The van der Waals surface area contributed by atoms with Crippen molar-refractivity contribution in [3.8, 4) is 0 Å². The molecule has 212 valence electrons. The van der Waals surface area contributed by atoms with Crippen LogP contribution in [0.4, 0.5) is 0 Å². The van der Waals surface area contributed by atoms with E-state index in [0.717, 1.165) is 18.4 Å². The average molecular weight is 527 g/mol. The molecule has 1 aromatic carbocycles. The van der Waals surface area contributed by atoms with Gasteiger partial charge in [0.25, 0.3) is 0 Å². The predicted octanol–water partition coefficient (Wildman–Crippen LogP) is 6.08. The second-order valence-electron chi connectivity index (χ2n) is 9.71. The number of carbonyl (C=O) groups is 2. The van der Waals surface area contributed by atoms with Gasteiger partial charge in [-0.15, -0.1) is 0 Å². The number of amides is 1. The largest absolute Gasteiger partial charge is 0.459 e. The fraction of sp³-hybridized carbons (Fsp3) is 0.581. The molecule has 7 nitrogen and oxygen atoms in total. The molecule has 0 bridgehead atoms. The van der Waals surface area contributed by atoms with Crippen LogP contribution in [0.25, 0.3) is 0 Å². The number of nitrogens with two attached hydrogens (primary N) is 2. The van der Waals surface area contributed by atoms with Gasteiger partial charge in [0, 0.05) is 12.6 Å². The zero-order valence-corrected chi connectivity index (χ0v) is 23.4. The highest BCUT2D eigenvalue weighted by Crippen LogP contribution is 2.12.